The average molecular weight is 242 g/mol. The fourth-order valence-electron chi connectivity index (χ4n) is 1.19. The summed E-state index contributed by atoms with van der Waals surface area (Å²) in [5, 5.41) is 0. The zero-order valence-corrected chi connectivity index (χ0v) is 8.54. The number of H-pyrrole nitrogens is 1. The van der Waals surface area contributed by atoms with E-state index in [1.165, 1.54) is 6.08 Å². The van der Waals surface area contributed by atoms with Crippen molar-refractivity contribution in [1.82, 2.24) is 9.97 Å². The Balaban J connectivity index is 2.36. The second-order valence-corrected chi connectivity index (χ2v) is 3.07. The Kier molecular flexibility index (Phi) is 2.34. The van der Waals surface area contributed by atoms with E-state index in [1.807, 2.05) is 0 Å². The van der Waals surface area contributed by atoms with Crippen molar-refractivity contribution in [3.05, 3.63) is 24.6 Å². The zero-order chi connectivity index (χ0) is 12.6. The van der Waals surface area contributed by atoms with Crippen LogP contribution >= 0.6 is 0 Å². The highest BCUT2D eigenvalue weighted by atomic mass is 19.3. The van der Waals surface area contributed by atoms with Gasteiger partial charge in [-0.25, -0.2) is 4.98 Å². The lowest BCUT2D eigenvalue weighted by Crippen LogP contribution is -2.15. The summed E-state index contributed by atoms with van der Waals surface area (Å²) >= 11 is 0. The molecule has 1 aliphatic heterocycles. The second-order valence-electron chi connectivity index (χ2n) is 3.07. The molecule has 6 nitrogen and oxygen atoms in total. The average Bonchev–Trinajstić information content (AvgIpc) is 2.67. The van der Waals surface area contributed by atoms with Crippen LogP contribution in [-0.2, 0) is 9.47 Å². The molecule has 0 radical (unpaired) electrons. The number of hydrogen-bond donors (Lipinski definition) is 2. The zero-order valence-electron chi connectivity index (χ0n) is 8.54. The summed E-state index contributed by atoms with van der Waals surface area (Å²) in [6.45, 7) is 6.72. The first-order chi connectivity index (χ1) is 7.91. The topological polar surface area (TPSA) is 85.5 Å². The van der Waals surface area contributed by atoms with Crippen LogP contribution in [0.2, 0.25) is 0 Å². The smallest absolute Gasteiger partial charge is 0.394 e. The van der Waals surface area contributed by atoms with Crippen molar-refractivity contribution >= 4 is 23.7 Å². The number of hydrogen-bond acceptors (Lipinski definition) is 5. The van der Waals surface area contributed by atoms with Crippen LogP contribution in [0.3, 0.4) is 0 Å². The van der Waals surface area contributed by atoms with Crippen molar-refractivity contribution in [2.24, 2.45) is 4.99 Å². The van der Waals surface area contributed by atoms with Crippen LogP contribution in [0.25, 0.3) is 6.08 Å². The number of ether oxygens (including phenoxy) is 2. The molecule has 17 heavy (non-hydrogen) atoms. The number of rotatable bonds is 2. The van der Waals surface area contributed by atoms with E-state index in [1.54, 1.807) is 0 Å². The number of anilines is 1. The number of nitrogens with one attached hydrogen (secondary N) is 1. The maximum atomic E-state index is 12.7. The van der Waals surface area contributed by atoms with E-state index in [-0.39, 0.29) is 17.5 Å². The fourth-order valence-corrected chi connectivity index (χ4v) is 1.19. The molecule has 0 spiro atoms. The molecule has 0 saturated carbocycles. The van der Waals surface area contributed by atoms with Crippen LogP contribution in [0, 0.1) is 0 Å². The molecule has 90 valence electrons. The predicted molar refractivity (Wildman–Crippen MR) is 56.4 cm³/mol. The molecule has 0 amide bonds. The molecule has 0 aliphatic carbocycles. The minimum atomic E-state index is -3.75. The van der Waals surface area contributed by atoms with Gasteiger partial charge in [-0.1, -0.05) is 13.2 Å². The molecule has 2 heterocycles. The number of halogens is 2. The monoisotopic (exact) mass is 242 g/mol. The van der Waals surface area contributed by atoms with Gasteiger partial charge in [-0.15, -0.1) is 8.78 Å². The van der Waals surface area contributed by atoms with Gasteiger partial charge in [0.1, 0.15) is 5.69 Å². The molecule has 0 atom stereocenters. The molecule has 1 aromatic heterocycles. The van der Waals surface area contributed by atoms with E-state index in [2.05, 4.69) is 37.6 Å². The molecule has 1 fully saturated rings. The van der Waals surface area contributed by atoms with E-state index < -0.39 is 12.2 Å². The Labute approximate surface area is 94.5 Å². The second kappa shape index (κ2) is 3.58. The van der Waals surface area contributed by atoms with E-state index in [9.17, 15) is 8.78 Å². The van der Waals surface area contributed by atoms with Gasteiger partial charge in [0.25, 0.3) is 5.90 Å². The first-order valence-electron chi connectivity index (χ1n) is 4.43. The van der Waals surface area contributed by atoms with Gasteiger partial charge >= 0.3 is 6.29 Å². The van der Waals surface area contributed by atoms with Crippen LogP contribution in [0.1, 0.15) is 5.69 Å². The lowest BCUT2D eigenvalue weighted by molar-refractivity contribution is -0.317. The molecule has 3 N–H and O–H groups in total. The third kappa shape index (κ3) is 2.10. The van der Waals surface area contributed by atoms with Gasteiger partial charge in [0, 0.05) is 0 Å². The lowest BCUT2D eigenvalue weighted by atomic mass is 10.4. The number of nitrogens with zero attached hydrogens (tertiary/aromatic N) is 2. The van der Waals surface area contributed by atoms with E-state index in [0.717, 1.165) is 0 Å². The minimum Gasteiger partial charge on any atom is -0.394 e. The van der Waals surface area contributed by atoms with Crippen molar-refractivity contribution in [1.29, 1.82) is 0 Å². The van der Waals surface area contributed by atoms with Crippen LogP contribution < -0.4 is 5.73 Å². The third-order valence-corrected chi connectivity index (χ3v) is 1.83. The number of alkyl halides is 2. The largest absolute Gasteiger partial charge is 0.587 e. The summed E-state index contributed by atoms with van der Waals surface area (Å²) < 4.78 is 33.5. The highest BCUT2D eigenvalue weighted by Crippen LogP contribution is 2.31. The Morgan fingerprint density at radius 3 is 2.71 bits per heavy atom. The first-order valence-corrected chi connectivity index (χ1v) is 4.43. The van der Waals surface area contributed by atoms with E-state index >= 15 is 0 Å². The fraction of sp³-hybridized carbons (Fsp3) is 0.111. The molecule has 1 aromatic rings. The standard InChI is InChI=1S/C9H8F2N4O2/c1-3-5-6(15-8(12)13-5)14-7-4(2)16-9(10,11)17-7/h3H,1-2H2,(H3,12,13,15)/b14-7+. The summed E-state index contributed by atoms with van der Waals surface area (Å²) in [6.07, 6.45) is -2.39. The van der Waals surface area contributed by atoms with Crippen LogP contribution in [0.15, 0.2) is 23.9 Å². The van der Waals surface area contributed by atoms with Crippen molar-refractivity contribution in [3.8, 4) is 0 Å². The van der Waals surface area contributed by atoms with E-state index in [0.29, 0.717) is 5.69 Å². The maximum Gasteiger partial charge on any atom is 0.587 e. The molecular formula is C9H8F2N4O2. The molecule has 2 rings (SSSR count). The molecule has 1 aliphatic rings. The number of aliphatic imine (C=N–C) groups is 1. The minimum absolute atomic E-state index is 0.0792. The van der Waals surface area contributed by atoms with Gasteiger partial charge in [-0.05, 0) is 6.08 Å². The summed E-state index contributed by atoms with van der Waals surface area (Å²) in [6, 6.07) is 0. The normalized spacial score (nSPS) is 20.1. The summed E-state index contributed by atoms with van der Waals surface area (Å²) in [4.78, 5) is 10.1. The van der Waals surface area contributed by atoms with Crippen LogP contribution in [0.4, 0.5) is 20.5 Å². The Bertz CT molecular complexity index is 521. The van der Waals surface area contributed by atoms with Gasteiger partial charge in [0.05, 0.1) is 0 Å². The van der Waals surface area contributed by atoms with Gasteiger partial charge < -0.3 is 20.2 Å². The number of aromatic amines is 1. The predicted octanol–water partition coefficient (Wildman–Crippen LogP) is 1.78. The highest BCUT2D eigenvalue weighted by molar-refractivity contribution is 5.94. The van der Waals surface area contributed by atoms with Crippen LogP contribution in [-0.4, -0.2) is 22.2 Å². The summed E-state index contributed by atoms with van der Waals surface area (Å²) in [7, 11) is 0. The van der Waals surface area contributed by atoms with Gasteiger partial charge in [-0.2, -0.15) is 4.99 Å². The Hall–Kier alpha value is -2.38. The Morgan fingerprint density at radius 1 is 1.47 bits per heavy atom. The van der Waals surface area contributed by atoms with Crippen molar-refractivity contribution in [3.63, 3.8) is 0 Å². The molecule has 0 aromatic carbocycles. The van der Waals surface area contributed by atoms with E-state index in [4.69, 9.17) is 5.73 Å². The highest BCUT2D eigenvalue weighted by Gasteiger charge is 2.46. The maximum absolute atomic E-state index is 12.7. The van der Waals surface area contributed by atoms with Gasteiger partial charge in [0.2, 0.25) is 0 Å². The molecular weight excluding hydrogens is 234 g/mol. The SMILES string of the molecule is C=Cc1nc(N)[nH]c1/N=C1/OC(F)(F)OC1=C. The molecule has 1 saturated heterocycles. The van der Waals surface area contributed by atoms with Crippen molar-refractivity contribution in [2.75, 3.05) is 5.73 Å². The van der Waals surface area contributed by atoms with Gasteiger partial charge in [0.15, 0.2) is 17.5 Å². The summed E-state index contributed by atoms with van der Waals surface area (Å²) in [5.41, 5.74) is 5.70. The van der Waals surface area contributed by atoms with Crippen molar-refractivity contribution in [2.45, 2.75) is 6.29 Å². The first kappa shape index (κ1) is 11.1. The van der Waals surface area contributed by atoms with Crippen molar-refractivity contribution < 1.29 is 18.3 Å². The molecule has 0 bridgehead atoms. The molecule has 8 heteroatoms. The number of nitrogens with two attached hydrogens (primary N) is 1. The van der Waals surface area contributed by atoms with Gasteiger partial charge in [-0.3, -0.25) is 0 Å². The Morgan fingerprint density at radius 2 is 2.18 bits per heavy atom. The number of aromatic nitrogens is 2. The summed E-state index contributed by atoms with van der Waals surface area (Å²) in [5.74, 6) is -0.606. The lowest BCUT2D eigenvalue weighted by Gasteiger charge is -2.02. The number of nitrogen functional groups attached to an aromatic ring is 1. The van der Waals surface area contributed by atoms with Crippen LogP contribution in [0.5, 0.6) is 0 Å². The third-order valence-electron chi connectivity index (χ3n) is 1.83. The molecule has 0 unspecified atom stereocenters. The quantitative estimate of drug-likeness (QED) is 0.827. The number of imidazole rings is 1.